The Morgan fingerprint density at radius 1 is 1.50 bits per heavy atom. The van der Waals surface area contributed by atoms with E-state index in [9.17, 15) is 0 Å². The quantitative estimate of drug-likeness (QED) is 0.936. The zero-order valence-electron chi connectivity index (χ0n) is 10.4. The van der Waals surface area contributed by atoms with Crippen LogP contribution < -0.4 is 5.32 Å². The number of aromatic nitrogens is 1. The first-order valence-corrected chi connectivity index (χ1v) is 8.01. The highest BCUT2D eigenvalue weighted by atomic mass is 32.1. The summed E-state index contributed by atoms with van der Waals surface area (Å²) in [5, 5.41) is 8.92. The number of nitrogens with zero attached hydrogens (tertiary/aromatic N) is 2. The second kappa shape index (κ2) is 5.48. The Morgan fingerprint density at radius 2 is 2.44 bits per heavy atom. The van der Waals surface area contributed by atoms with E-state index < -0.39 is 0 Å². The second-order valence-electron chi connectivity index (χ2n) is 4.71. The van der Waals surface area contributed by atoms with Crippen molar-refractivity contribution in [2.24, 2.45) is 0 Å². The number of piperazine rings is 1. The molecule has 0 aliphatic carbocycles. The van der Waals surface area contributed by atoms with Gasteiger partial charge in [-0.1, -0.05) is 6.07 Å². The van der Waals surface area contributed by atoms with Crippen LogP contribution in [0.4, 0.5) is 0 Å². The van der Waals surface area contributed by atoms with Crippen LogP contribution in [0.1, 0.15) is 12.6 Å². The topological polar surface area (TPSA) is 28.2 Å². The highest BCUT2D eigenvalue weighted by molar-refractivity contribution is 7.20. The van der Waals surface area contributed by atoms with E-state index in [0.29, 0.717) is 6.04 Å². The van der Waals surface area contributed by atoms with E-state index in [4.69, 9.17) is 4.98 Å². The third kappa shape index (κ3) is 2.80. The van der Waals surface area contributed by atoms with E-state index >= 15 is 0 Å². The van der Waals surface area contributed by atoms with Gasteiger partial charge < -0.3 is 5.32 Å². The minimum absolute atomic E-state index is 0.592. The summed E-state index contributed by atoms with van der Waals surface area (Å²) in [5.74, 6) is 0. The number of thiophene rings is 1. The molecule has 2 aromatic rings. The van der Waals surface area contributed by atoms with Gasteiger partial charge in [0.05, 0.1) is 10.6 Å². The number of hydrogen-bond donors (Lipinski definition) is 1. The molecule has 1 N–H and O–H groups in total. The standard InChI is InChI=1S/C13H17N3S2/c1-10-7-16(5-4-14-10)8-11-9-18-13(15-11)12-3-2-6-17-12/h2-3,6,9-10,14H,4-5,7-8H2,1H3/t10-/m0/s1. The molecule has 1 atom stereocenters. The van der Waals surface area contributed by atoms with Crippen LogP contribution in [0.15, 0.2) is 22.9 Å². The minimum atomic E-state index is 0.592. The summed E-state index contributed by atoms with van der Waals surface area (Å²) in [7, 11) is 0. The smallest absolute Gasteiger partial charge is 0.133 e. The summed E-state index contributed by atoms with van der Waals surface area (Å²) < 4.78 is 0. The van der Waals surface area contributed by atoms with Gasteiger partial charge in [-0.25, -0.2) is 4.98 Å². The lowest BCUT2D eigenvalue weighted by atomic mass is 10.2. The summed E-state index contributed by atoms with van der Waals surface area (Å²) in [6.45, 7) is 6.54. The van der Waals surface area contributed by atoms with Crippen molar-refractivity contribution in [2.45, 2.75) is 19.5 Å². The van der Waals surface area contributed by atoms with Gasteiger partial charge in [0.15, 0.2) is 0 Å². The Labute approximate surface area is 115 Å². The molecule has 3 heterocycles. The third-order valence-corrected chi connectivity index (χ3v) is 5.05. The van der Waals surface area contributed by atoms with E-state index in [0.717, 1.165) is 31.2 Å². The average molecular weight is 279 g/mol. The van der Waals surface area contributed by atoms with Gasteiger partial charge in [-0.2, -0.15) is 0 Å². The minimum Gasteiger partial charge on any atom is -0.312 e. The Bertz CT molecular complexity index is 492. The molecule has 1 aliphatic heterocycles. The lowest BCUT2D eigenvalue weighted by molar-refractivity contribution is 0.198. The molecule has 1 fully saturated rings. The van der Waals surface area contributed by atoms with Gasteiger partial charge in [-0.3, -0.25) is 4.90 Å². The molecule has 18 heavy (non-hydrogen) atoms. The fourth-order valence-electron chi connectivity index (χ4n) is 2.28. The molecule has 0 spiro atoms. The molecule has 0 amide bonds. The van der Waals surface area contributed by atoms with Crippen molar-refractivity contribution in [3.63, 3.8) is 0 Å². The van der Waals surface area contributed by atoms with Crippen LogP contribution in [0.3, 0.4) is 0 Å². The van der Waals surface area contributed by atoms with Crippen molar-refractivity contribution in [1.82, 2.24) is 15.2 Å². The first kappa shape index (κ1) is 12.3. The van der Waals surface area contributed by atoms with Gasteiger partial charge >= 0.3 is 0 Å². The molecule has 0 radical (unpaired) electrons. The van der Waals surface area contributed by atoms with Crippen LogP contribution in [0.2, 0.25) is 0 Å². The Hall–Kier alpha value is -0.750. The van der Waals surface area contributed by atoms with Gasteiger partial charge in [-0.05, 0) is 18.4 Å². The number of thiazole rings is 1. The number of rotatable bonds is 3. The Balaban J connectivity index is 1.66. The fourth-order valence-corrected chi connectivity index (χ4v) is 3.90. The molecule has 0 aromatic carbocycles. The van der Waals surface area contributed by atoms with E-state index in [1.165, 1.54) is 10.6 Å². The van der Waals surface area contributed by atoms with Crippen LogP contribution in [-0.2, 0) is 6.54 Å². The number of nitrogens with one attached hydrogen (secondary N) is 1. The zero-order valence-corrected chi connectivity index (χ0v) is 12.1. The van der Waals surface area contributed by atoms with Gasteiger partial charge in [0.25, 0.3) is 0 Å². The van der Waals surface area contributed by atoms with Crippen LogP contribution >= 0.6 is 22.7 Å². The van der Waals surface area contributed by atoms with Crippen molar-refractivity contribution in [2.75, 3.05) is 19.6 Å². The lowest BCUT2D eigenvalue weighted by Gasteiger charge is -2.31. The summed E-state index contributed by atoms with van der Waals surface area (Å²) >= 11 is 3.51. The second-order valence-corrected chi connectivity index (χ2v) is 6.52. The molecule has 3 rings (SSSR count). The molecule has 0 bridgehead atoms. The summed E-state index contributed by atoms with van der Waals surface area (Å²) in [6, 6.07) is 4.81. The van der Waals surface area contributed by atoms with Crippen LogP contribution in [0, 0.1) is 0 Å². The third-order valence-electron chi connectivity index (χ3n) is 3.12. The molecular formula is C13H17N3S2. The molecule has 3 nitrogen and oxygen atoms in total. The van der Waals surface area contributed by atoms with E-state index in [-0.39, 0.29) is 0 Å². The van der Waals surface area contributed by atoms with E-state index in [2.05, 4.69) is 40.0 Å². The first-order chi connectivity index (χ1) is 8.81. The van der Waals surface area contributed by atoms with Crippen LogP contribution in [0.5, 0.6) is 0 Å². The maximum Gasteiger partial charge on any atom is 0.133 e. The maximum atomic E-state index is 4.74. The van der Waals surface area contributed by atoms with Crippen molar-refractivity contribution in [3.8, 4) is 9.88 Å². The number of hydrogen-bond acceptors (Lipinski definition) is 5. The van der Waals surface area contributed by atoms with E-state index in [1.54, 1.807) is 22.7 Å². The molecule has 1 saturated heterocycles. The Kier molecular flexibility index (Phi) is 3.75. The summed E-state index contributed by atoms with van der Waals surface area (Å²) in [5.41, 5.74) is 1.21. The molecule has 0 unspecified atom stereocenters. The molecule has 1 aliphatic rings. The van der Waals surface area contributed by atoms with Gasteiger partial charge in [0, 0.05) is 37.6 Å². The predicted octanol–water partition coefficient (Wildman–Crippen LogP) is 2.67. The van der Waals surface area contributed by atoms with E-state index in [1.807, 2.05) is 0 Å². The fraction of sp³-hybridized carbons (Fsp3) is 0.462. The molecule has 0 saturated carbocycles. The van der Waals surface area contributed by atoms with Crippen LogP contribution in [-0.4, -0.2) is 35.6 Å². The highest BCUT2D eigenvalue weighted by Crippen LogP contribution is 2.28. The molecule has 5 heteroatoms. The zero-order chi connectivity index (χ0) is 12.4. The largest absolute Gasteiger partial charge is 0.312 e. The monoisotopic (exact) mass is 279 g/mol. The van der Waals surface area contributed by atoms with Gasteiger partial charge in [0.1, 0.15) is 5.01 Å². The maximum absolute atomic E-state index is 4.74. The summed E-state index contributed by atoms with van der Waals surface area (Å²) in [6.07, 6.45) is 0. The highest BCUT2D eigenvalue weighted by Gasteiger charge is 2.16. The predicted molar refractivity (Wildman–Crippen MR) is 78.2 cm³/mol. The Morgan fingerprint density at radius 3 is 3.22 bits per heavy atom. The van der Waals surface area contributed by atoms with Gasteiger partial charge in [0.2, 0.25) is 0 Å². The summed E-state index contributed by atoms with van der Waals surface area (Å²) in [4.78, 5) is 8.50. The van der Waals surface area contributed by atoms with Crippen molar-refractivity contribution in [1.29, 1.82) is 0 Å². The first-order valence-electron chi connectivity index (χ1n) is 6.25. The van der Waals surface area contributed by atoms with Crippen molar-refractivity contribution in [3.05, 3.63) is 28.6 Å². The van der Waals surface area contributed by atoms with Crippen LogP contribution in [0.25, 0.3) is 9.88 Å². The lowest BCUT2D eigenvalue weighted by Crippen LogP contribution is -2.48. The SMILES string of the molecule is C[C@H]1CN(Cc2csc(-c3cccs3)n2)CCN1. The van der Waals surface area contributed by atoms with Crippen molar-refractivity contribution < 1.29 is 0 Å². The normalized spacial score (nSPS) is 21.3. The molecular weight excluding hydrogens is 262 g/mol. The molecule has 96 valence electrons. The van der Waals surface area contributed by atoms with Crippen molar-refractivity contribution >= 4 is 22.7 Å². The average Bonchev–Trinajstić information content (AvgIpc) is 2.98. The van der Waals surface area contributed by atoms with Gasteiger partial charge in [-0.15, -0.1) is 22.7 Å². The molecule has 2 aromatic heterocycles.